The summed E-state index contributed by atoms with van der Waals surface area (Å²) in [6.45, 7) is 0.435. The number of hydrogen-bond donors (Lipinski definition) is 1. The zero-order valence-electron chi connectivity index (χ0n) is 11.7. The van der Waals surface area contributed by atoms with Crippen LogP contribution in [-0.4, -0.2) is 24.8 Å². The molecule has 1 aliphatic rings. The molecule has 21 heavy (non-hydrogen) atoms. The van der Waals surface area contributed by atoms with Gasteiger partial charge in [0.25, 0.3) is 0 Å². The topological polar surface area (TPSA) is 55.8 Å². The van der Waals surface area contributed by atoms with Gasteiger partial charge in [-0.15, -0.1) is 0 Å². The third kappa shape index (κ3) is 2.50. The van der Waals surface area contributed by atoms with Gasteiger partial charge in [0.05, 0.1) is 12.2 Å². The van der Waals surface area contributed by atoms with Crippen molar-refractivity contribution in [1.29, 1.82) is 0 Å². The summed E-state index contributed by atoms with van der Waals surface area (Å²) in [6, 6.07) is 14.4. The van der Waals surface area contributed by atoms with Gasteiger partial charge >= 0.3 is 5.97 Å². The Morgan fingerprint density at radius 2 is 1.95 bits per heavy atom. The monoisotopic (exact) mass is 284 g/mol. The molecule has 2 atom stereocenters. The number of carbonyl (C=O) groups is 1. The molecular formula is C17H16O4. The average Bonchev–Trinajstić information content (AvgIpc) is 2.51. The van der Waals surface area contributed by atoms with Crippen LogP contribution in [0.2, 0.25) is 0 Å². The minimum atomic E-state index is -0.415. The fourth-order valence-electron chi connectivity index (χ4n) is 2.77. The summed E-state index contributed by atoms with van der Waals surface area (Å²) in [4.78, 5) is 12.2. The van der Waals surface area contributed by atoms with Gasteiger partial charge in [0, 0.05) is 13.0 Å². The van der Waals surface area contributed by atoms with E-state index in [9.17, 15) is 9.90 Å². The quantitative estimate of drug-likeness (QED) is 0.880. The zero-order valence-corrected chi connectivity index (χ0v) is 11.7. The number of esters is 1. The van der Waals surface area contributed by atoms with Gasteiger partial charge in [-0.2, -0.15) is 0 Å². The number of phenolic OH excluding ortho intramolecular Hbond substituents is 1. The summed E-state index contributed by atoms with van der Waals surface area (Å²) in [7, 11) is 1.62. The molecular weight excluding hydrogens is 268 g/mol. The number of ether oxygens (including phenoxy) is 2. The Kier molecular flexibility index (Phi) is 3.62. The van der Waals surface area contributed by atoms with Crippen LogP contribution in [0.1, 0.15) is 33.5 Å². The molecule has 0 aromatic heterocycles. The summed E-state index contributed by atoms with van der Waals surface area (Å²) >= 11 is 0. The molecule has 0 saturated heterocycles. The molecule has 4 nitrogen and oxygen atoms in total. The number of rotatable bonds is 3. The lowest BCUT2D eigenvalue weighted by Gasteiger charge is -2.33. The summed E-state index contributed by atoms with van der Waals surface area (Å²) in [6.07, 6.45) is -0.379. The first-order chi connectivity index (χ1) is 10.2. The van der Waals surface area contributed by atoms with Gasteiger partial charge in [-0.1, -0.05) is 36.4 Å². The van der Waals surface area contributed by atoms with Crippen molar-refractivity contribution in [1.82, 2.24) is 0 Å². The Labute approximate surface area is 122 Å². The number of benzene rings is 2. The smallest absolute Gasteiger partial charge is 0.339 e. The van der Waals surface area contributed by atoms with E-state index in [-0.39, 0.29) is 17.8 Å². The number of hydrogen-bond acceptors (Lipinski definition) is 4. The maximum Gasteiger partial charge on any atom is 0.339 e. The van der Waals surface area contributed by atoms with Gasteiger partial charge in [-0.05, 0) is 23.3 Å². The van der Waals surface area contributed by atoms with Crippen LogP contribution in [0, 0.1) is 0 Å². The van der Waals surface area contributed by atoms with E-state index in [0.717, 1.165) is 11.1 Å². The molecule has 0 bridgehead atoms. The summed E-state index contributed by atoms with van der Waals surface area (Å²) in [5.41, 5.74) is 2.19. The third-order valence-corrected chi connectivity index (χ3v) is 3.73. The standard InChI is InChI=1S/C17H16O4/c1-20-10-15-13-8-7-12(18)9-14(13)17(19)21-16(15)11-5-3-2-4-6-11/h2-9,15-16,18H,10H2,1H3/t15-,16+/m1/s1. The van der Waals surface area contributed by atoms with E-state index in [1.165, 1.54) is 6.07 Å². The van der Waals surface area contributed by atoms with Crippen LogP contribution in [0.3, 0.4) is 0 Å². The van der Waals surface area contributed by atoms with E-state index < -0.39 is 5.97 Å². The minimum Gasteiger partial charge on any atom is -0.508 e. The van der Waals surface area contributed by atoms with Crippen molar-refractivity contribution in [3.05, 3.63) is 65.2 Å². The highest BCUT2D eigenvalue weighted by Crippen LogP contribution is 2.41. The Bertz CT molecular complexity index is 651. The molecule has 0 amide bonds. The number of carbonyl (C=O) groups excluding carboxylic acids is 1. The second kappa shape index (κ2) is 5.58. The van der Waals surface area contributed by atoms with Crippen molar-refractivity contribution in [2.45, 2.75) is 12.0 Å². The van der Waals surface area contributed by atoms with Gasteiger partial charge in [-0.3, -0.25) is 0 Å². The van der Waals surface area contributed by atoms with Gasteiger partial charge < -0.3 is 14.6 Å². The molecule has 0 aliphatic carbocycles. The molecule has 3 rings (SSSR count). The van der Waals surface area contributed by atoms with Gasteiger partial charge in [0.2, 0.25) is 0 Å². The van der Waals surface area contributed by atoms with E-state index in [1.54, 1.807) is 19.2 Å². The molecule has 2 aromatic carbocycles. The van der Waals surface area contributed by atoms with E-state index in [4.69, 9.17) is 9.47 Å². The maximum atomic E-state index is 12.2. The van der Waals surface area contributed by atoms with Crippen molar-refractivity contribution >= 4 is 5.97 Å². The van der Waals surface area contributed by atoms with Gasteiger partial charge in [-0.25, -0.2) is 4.79 Å². The fraction of sp³-hybridized carbons (Fsp3) is 0.235. The number of cyclic esters (lactones) is 1. The molecule has 1 N–H and O–H groups in total. The van der Waals surface area contributed by atoms with Gasteiger partial charge in [0.15, 0.2) is 0 Å². The predicted molar refractivity (Wildman–Crippen MR) is 77.3 cm³/mol. The second-order valence-electron chi connectivity index (χ2n) is 5.07. The van der Waals surface area contributed by atoms with Crippen LogP contribution in [0.25, 0.3) is 0 Å². The summed E-state index contributed by atoms with van der Waals surface area (Å²) in [5.74, 6) is -0.451. The Hall–Kier alpha value is -2.33. The molecule has 2 aromatic rings. The molecule has 0 radical (unpaired) electrons. The first-order valence-corrected chi connectivity index (χ1v) is 6.78. The molecule has 108 valence electrons. The summed E-state index contributed by atoms with van der Waals surface area (Å²) < 4.78 is 10.9. The highest BCUT2D eigenvalue weighted by Gasteiger charge is 2.36. The zero-order chi connectivity index (χ0) is 14.8. The van der Waals surface area contributed by atoms with Crippen molar-refractivity contribution in [2.75, 3.05) is 13.7 Å². The minimum absolute atomic E-state index is 0.0556. The first-order valence-electron chi connectivity index (χ1n) is 6.78. The SMILES string of the molecule is COC[C@@H]1c2ccc(O)cc2C(=O)O[C@H]1c1ccccc1. The van der Waals surface area contributed by atoms with Crippen molar-refractivity contribution in [2.24, 2.45) is 0 Å². The molecule has 0 spiro atoms. The summed E-state index contributed by atoms with van der Waals surface area (Å²) in [5, 5.41) is 9.57. The van der Waals surface area contributed by atoms with E-state index in [0.29, 0.717) is 12.2 Å². The van der Waals surface area contributed by atoms with E-state index in [1.807, 2.05) is 30.3 Å². The predicted octanol–water partition coefficient (Wildman–Crippen LogP) is 3.03. The number of fused-ring (bicyclic) bond motifs is 1. The molecule has 0 saturated carbocycles. The maximum absolute atomic E-state index is 12.2. The van der Waals surface area contributed by atoms with E-state index in [2.05, 4.69) is 0 Å². The molecule has 0 unspecified atom stereocenters. The average molecular weight is 284 g/mol. The Balaban J connectivity index is 2.07. The number of aromatic hydroxyl groups is 1. The highest BCUT2D eigenvalue weighted by atomic mass is 16.5. The lowest BCUT2D eigenvalue weighted by Crippen LogP contribution is -2.28. The van der Waals surface area contributed by atoms with Crippen molar-refractivity contribution in [3.8, 4) is 5.75 Å². The lowest BCUT2D eigenvalue weighted by molar-refractivity contribution is 0.00586. The largest absolute Gasteiger partial charge is 0.508 e. The lowest BCUT2D eigenvalue weighted by atomic mass is 9.84. The van der Waals surface area contributed by atoms with Crippen LogP contribution in [-0.2, 0) is 9.47 Å². The van der Waals surface area contributed by atoms with Crippen LogP contribution in [0.4, 0.5) is 0 Å². The molecule has 4 heteroatoms. The van der Waals surface area contributed by atoms with Crippen LogP contribution in [0.15, 0.2) is 48.5 Å². The van der Waals surface area contributed by atoms with E-state index >= 15 is 0 Å². The van der Waals surface area contributed by atoms with Gasteiger partial charge in [0.1, 0.15) is 11.9 Å². The number of methoxy groups -OCH3 is 1. The van der Waals surface area contributed by atoms with Crippen LogP contribution >= 0.6 is 0 Å². The molecule has 1 heterocycles. The highest BCUT2D eigenvalue weighted by molar-refractivity contribution is 5.93. The Morgan fingerprint density at radius 3 is 2.67 bits per heavy atom. The fourth-order valence-corrected chi connectivity index (χ4v) is 2.77. The second-order valence-corrected chi connectivity index (χ2v) is 5.07. The molecule has 0 fully saturated rings. The third-order valence-electron chi connectivity index (χ3n) is 3.73. The Morgan fingerprint density at radius 1 is 1.19 bits per heavy atom. The van der Waals surface area contributed by atoms with Crippen LogP contribution < -0.4 is 0 Å². The van der Waals surface area contributed by atoms with Crippen molar-refractivity contribution in [3.63, 3.8) is 0 Å². The van der Waals surface area contributed by atoms with Crippen LogP contribution in [0.5, 0.6) is 5.75 Å². The first kappa shape index (κ1) is 13.6. The van der Waals surface area contributed by atoms with Crippen molar-refractivity contribution < 1.29 is 19.4 Å². The molecule has 1 aliphatic heterocycles. The normalized spacial score (nSPS) is 20.7. The number of phenols is 1.